The fourth-order valence-electron chi connectivity index (χ4n) is 3.16. The van der Waals surface area contributed by atoms with Crippen molar-refractivity contribution in [2.75, 3.05) is 17.7 Å². The molecule has 0 aliphatic carbocycles. The van der Waals surface area contributed by atoms with Crippen LogP contribution in [0, 0.1) is 18.6 Å². The summed E-state index contributed by atoms with van der Waals surface area (Å²) < 4.78 is 39.8. The Morgan fingerprint density at radius 1 is 1.12 bits per heavy atom. The van der Waals surface area contributed by atoms with Crippen molar-refractivity contribution in [3.8, 4) is 22.6 Å². The van der Waals surface area contributed by atoms with E-state index in [0.717, 1.165) is 12.1 Å². The predicted molar refractivity (Wildman–Crippen MR) is 115 cm³/mol. The van der Waals surface area contributed by atoms with Crippen molar-refractivity contribution in [1.29, 1.82) is 0 Å². The number of anilines is 2. The van der Waals surface area contributed by atoms with Crippen molar-refractivity contribution in [1.82, 2.24) is 14.6 Å². The van der Waals surface area contributed by atoms with Crippen molar-refractivity contribution < 1.29 is 23.0 Å². The Morgan fingerprint density at radius 2 is 1.91 bits per heavy atom. The molecule has 2 aromatic heterocycles. The monoisotopic (exact) mass is 439 g/mol. The van der Waals surface area contributed by atoms with Gasteiger partial charge in [-0.15, -0.1) is 10.2 Å². The number of aryl methyl sites for hydroxylation is 1. The lowest BCUT2D eigenvalue weighted by Gasteiger charge is -2.15. The third kappa shape index (κ3) is 4.15. The molecule has 0 saturated carbocycles. The van der Waals surface area contributed by atoms with Crippen molar-refractivity contribution in [3.05, 3.63) is 66.1 Å². The molecule has 0 atom stereocenters. The molecule has 8 nitrogen and oxygen atoms in total. The van der Waals surface area contributed by atoms with Gasteiger partial charge in [-0.2, -0.15) is 0 Å². The van der Waals surface area contributed by atoms with Gasteiger partial charge in [-0.05, 0) is 50.2 Å². The third-order valence-corrected chi connectivity index (χ3v) is 4.62. The number of pyridine rings is 1. The highest BCUT2D eigenvalue weighted by atomic mass is 19.1. The average molecular weight is 439 g/mol. The first-order valence-electron chi connectivity index (χ1n) is 9.67. The lowest BCUT2D eigenvalue weighted by molar-refractivity contribution is 0.168. The summed E-state index contributed by atoms with van der Waals surface area (Å²) in [6, 6.07) is 9.51. The minimum Gasteiger partial charge on any atom is -0.454 e. The first-order chi connectivity index (χ1) is 15.4. The number of carbonyl (C=O) groups is 1. The van der Waals surface area contributed by atoms with Crippen LogP contribution in [0.15, 0.2) is 48.7 Å². The van der Waals surface area contributed by atoms with Crippen LogP contribution in [0.3, 0.4) is 0 Å². The minimum atomic E-state index is -0.845. The minimum absolute atomic E-state index is 0.149. The van der Waals surface area contributed by atoms with Gasteiger partial charge in [-0.3, -0.25) is 9.72 Å². The van der Waals surface area contributed by atoms with Gasteiger partial charge in [0, 0.05) is 29.1 Å². The Labute approximate surface area is 181 Å². The molecule has 0 unspecified atom stereocenters. The maximum atomic E-state index is 14.2. The zero-order chi connectivity index (χ0) is 22.8. The second-order valence-corrected chi connectivity index (χ2v) is 6.86. The van der Waals surface area contributed by atoms with E-state index in [1.165, 1.54) is 6.07 Å². The summed E-state index contributed by atoms with van der Waals surface area (Å²) in [5.74, 6) is -0.858. The SMILES string of the molecule is CCOC(=O)Nc1cc(-c2cc(N)ccc2Oc2ccc(F)cc2F)cn2c(C)nnc12. The first-order valence-corrected chi connectivity index (χ1v) is 9.67. The van der Waals surface area contributed by atoms with E-state index in [1.807, 2.05) is 0 Å². The summed E-state index contributed by atoms with van der Waals surface area (Å²) in [4.78, 5) is 12.0. The van der Waals surface area contributed by atoms with Gasteiger partial charge in [0.05, 0.1) is 12.3 Å². The largest absolute Gasteiger partial charge is 0.454 e. The third-order valence-electron chi connectivity index (χ3n) is 4.62. The molecule has 4 aromatic rings. The summed E-state index contributed by atoms with van der Waals surface area (Å²) in [5, 5.41) is 10.8. The van der Waals surface area contributed by atoms with Crippen molar-refractivity contribution in [3.63, 3.8) is 0 Å². The summed E-state index contributed by atoms with van der Waals surface area (Å²) in [6.07, 6.45) is 1.09. The molecule has 0 spiro atoms. The standard InChI is InChI=1S/C22H19F2N5O3/c1-3-31-22(30)26-18-8-13(11-29-12(2)27-28-21(18)29)16-10-15(25)5-7-19(16)32-20-6-4-14(23)9-17(20)24/h4-11H,3,25H2,1-2H3,(H,26,30). The van der Waals surface area contributed by atoms with Gasteiger partial charge < -0.3 is 15.2 Å². The van der Waals surface area contributed by atoms with E-state index in [4.69, 9.17) is 15.2 Å². The zero-order valence-electron chi connectivity index (χ0n) is 17.2. The van der Waals surface area contributed by atoms with Crippen LogP contribution in [0.4, 0.5) is 25.0 Å². The van der Waals surface area contributed by atoms with Gasteiger partial charge in [0.15, 0.2) is 17.2 Å². The molecule has 164 valence electrons. The number of hydrogen-bond acceptors (Lipinski definition) is 6. The Bertz CT molecular complexity index is 1320. The van der Waals surface area contributed by atoms with E-state index < -0.39 is 17.7 Å². The number of halogens is 2. The van der Waals surface area contributed by atoms with Crippen LogP contribution in [0.2, 0.25) is 0 Å². The molecule has 0 aliphatic rings. The van der Waals surface area contributed by atoms with Gasteiger partial charge >= 0.3 is 6.09 Å². The van der Waals surface area contributed by atoms with Crippen LogP contribution >= 0.6 is 0 Å². The maximum Gasteiger partial charge on any atom is 0.411 e. The molecule has 1 amide bonds. The van der Waals surface area contributed by atoms with E-state index >= 15 is 0 Å². The number of amides is 1. The Kier molecular flexibility index (Phi) is 5.59. The van der Waals surface area contributed by atoms with E-state index in [2.05, 4.69) is 15.5 Å². The lowest BCUT2D eigenvalue weighted by atomic mass is 10.0. The van der Waals surface area contributed by atoms with Gasteiger partial charge in [0.2, 0.25) is 0 Å². The van der Waals surface area contributed by atoms with E-state index in [9.17, 15) is 13.6 Å². The first kappa shape index (κ1) is 21.0. The zero-order valence-corrected chi connectivity index (χ0v) is 17.2. The van der Waals surface area contributed by atoms with Crippen LogP contribution in [-0.4, -0.2) is 27.3 Å². The number of nitrogen functional groups attached to an aromatic ring is 1. The molecule has 0 fully saturated rings. The maximum absolute atomic E-state index is 14.2. The van der Waals surface area contributed by atoms with Crippen molar-refractivity contribution >= 4 is 23.1 Å². The number of fused-ring (bicyclic) bond motifs is 1. The molecule has 32 heavy (non-hydrogen) atoms. The molecule has 0 aliphatic heterocycles. The second-order valence-electron chi connectivity index (χ2n) is 6.86. The predicted octanol–water partition coefficient (Wildman–Crippen LogP) is 4.93. The van der Waals surface area contributed by atoms with Gasteiger partial charge in [0.1, 0.15) is 17.4 Å². The molecule has 2 aromatic carbocycles. The molecule has 0 saturated heterocycles. The molecular weight excluding hydrogens is 420 g/mol. The number of nitrogens with two attached hydrogens (primary N) is 1. The van der Waals surface area contributed by atoms with Crippen LogP contribution < -0.4 is 15.8 Å². The fourth-order valence-corrected chi connectivity index (χ4v) is 3.16. The van der Waals surface area contributed by atoms with E-state index in [1.54, 1.807) is 48.7 Å². The summed E-state index contributed by atoms with van der Waals surface area (Å²) >= 11 is 0. The number of nitrogens with one attached hydrogen (secondary N) is 1. The topological polar surface area (TPSA) is 104 Å². The average Bonchev–Trinajstić information content (AvgIpc) is 3.12. The molecule has 2 heterocycles. The Hall–Kier alpha value is -4.21. The summed E-state index contributed by atoms with van der Waals surface area (Å²) in [5.41, 5.74) is 8.28. The van der Waals surface area contributed by atoms with Gasteiger partial charge in [-0.1, -0.05) is 0 Å². The lowest BCUT2D eigenvalue weighted by Crippen LogP contribution is -2.14. The van der Waals surface area contributed by atoms with Crippen molar-refractivity contribution in [2.45, 2.75) is 13.8 Å². The Balaban J connectivity index is 1.84. The second kappa shape index (κ2) is 8.50. The highest BCUT2D eigenvalue weighted by molar-refractivity contribution is 5.91. The van der Waals surface area contributed by atoms with Gasteiger partial charge in [0.25, 0.3) is 0 Å². The molecule has 3 N–H and O–H groups in total. The molecule has 0 radical (unpaired) electrons. The summed E-state index contributed by atoms with van der Waals surface area (Å²) in [6.45, 7) is 3.64. The van der Waals surface area contributed by atoms with Crippen LogP contribution in [0.1, 0.15) is 12.7 Å². The van der Waals surface area contributed by atoms with Crippen LogP contribution in [0.25, 0.3) is 16.8 Å². The normalized spacial score (nSPS) is 10.9. The number of rotatable bonds is 5. The number of benzene rings is 2. The van der Waals surface area contributed by atoms with Crippen molar-refractivity contribution in [2.24, 2.45) is 0 Å². The molecular formula is C22H19F2N5O3. The Morgan fingerprint density at radius 3 is 2.66 bits per heavy atom. The number of aromatic nitrogens is 3. The molecule has 4 rings (SSSR count). The molecule has 10 heteroatoms. The fraction of sp³-hybridized carbons (Fsp3) is 0.136. The summed E-state index contributed by atoms with van der Waals surface area (Å²) in [7, 11) is 0. The number of carbonyl (C=O) groups excluding carboxylic acids is 1. The number of nitrogens with zero attached hydrogens (tertiary/aromatic N) is 3. The highest BCUT2D eigenvalue weighted by Crippen LogP contribution is 2.37. The highest BCUT2D eigenvalue weighted by Gasteiger charge is 2.17. The smallest absolute Gasteiger partial charge is 0.411 e. The number of ether oxygens (including phenoxy) is 2. The van der Waals surface area contributed by atoms with Crippen LogP contribution in [0.5, 0.6) is 11.5 Å². The van der Waals surface area contributed by atoms with E-state index in [-0.39, 0.29) is 18.1 Å². The number of hydrogen-bond donors (Lipinski definition) is 2. The van der Waals surface area contributed by atoms with Crippen LogP contribution in [-0.2, 0) is 4.74 Å². The molecule has 0 bridgehead atoms. The quantitative estimate of drug-likeness (QED) is 0.428. The van der Waals surface area contributed by atoms with E-state index in [0.29, 0.717) is 34.0 Å². The van der Waals surface area contributed by atoms with Gasteiger partial charge in [-0.25, -0.2) is 13.6 Å².